The molecule has 30 heavy (non-hydrogen) atoms. The first-order valence-electron chi connectivity index (χ1n) is 8.99. The summed E-state index contributed by atoms with van der Waals surface area (Å²) in [6, 6.07) is 12.9. The lowest BCUT2D eigenvalue weighted by Gasteiger charge is -2.08. The molecule has 9 nitrogen and oxygen atoms in total. The maximum Gasteiger partial charge on any atom is 0.282 e. The summed E-state index contributed by atoms with van der Waals surface area (Å²) >= 11 is 1.22. The number of aromatic nitrogens is 1. The number of nitro groups is 1. The highest BCUT2D eigenvalue weighted by atomic mass is 32.1. The summed E-state index contributed by atoms with van der Waals surface area (Å²) in [5.41, 5.74) is 3.33. The van der Waals surface area contributed by atoms with Gasteiger partial charge >= 0.3 is 0 Å². The largest absolute Gasteiger partial charge is 0.282 e. The average molecular weight is 420 g/mol. The third-order valence-corrected chi connectivity index (χ3v) is 5.23. The third kappa shape index (κ3) is 3.85. The molecule has 0 unspecified atom stereocenters. The summed E-state index contributed by atoms with van der Waals surface area (Å²) in [6.45, 7) is 3.67. The summed E-state index contributed by atoms with van der Waals surface area (Å²) in [5.74, 6) is -0.344. The predicted octanol–water partition coefficient (Wildman–Crippen LogP) is 4.90. The van der Waals surface area contributed by atoms with E-state index in [4.69, 9.17) is 0 Å². The first-order valence-corrected chi connectivity index (χ1v) is 9.87. The number of carbonyl (C=O) groups excluding carboxylic acids is 1. The van der Waals surface area contributed by atoms with E-state index in [0.29, 0.717) is 27.8 Å². The molecule has 1 atom stereocenters. The summed E-state index contributed by atoms with van der Waals surface area (Å²) in [4.78, 5) is 27.8. The highest BCUT2D eigenvalue weighted by Crippen LogP contribution is 2.32. The zero-order valence-electron chi connectivity index (χ0n) is 16.1. The lowest BCUT2D eigenvalue weighted by atomic mass is 10.1. The maximum absolute atomic E-state index is 12.8. The SMILES string of the molecule is CC1=NN(c2nc(-c3cccc([N+](=O)[O-])c3)cs2)C(=O)[C@H]1N=Nc1cccc(C)c1. The van der Waals surface area contributed by atoms with Crippen LogP contribution in [0.3, 0.4) is 0 Å². The number of aryl methyl sites for hydroxylation is 1. The molecule has 0 saturated heterocycles. The number of nitro benzene ring substituents is 1. The van der Waals surface area contributed by atoms with Crippen molar-refractivity contribution in [1.29, 1.82) is 0 Å². The molecular weight excluding hydrogens is 404 g/mol. The van der Waals surface area contributed by atoms with Gasteiger partial charge in [0.1, 0.15) is 0 Å². The van der Waals surface area contributed by atoms with Crippen LogP contribution in [-0.4, -0.2) is 27.6 Å². The fourth-order valence-electron chi connectivity index (χ4n) is 2.91. The number of benzene rings is 2. The van der Waals surface area contributed by atoms with Crippen LogP contribution in [0.5, 0.6) is 0 Å². The molecule has 150 valence electrons. The van der Waals surface area contributed by atoms with E-state index in [0.717, 1.165) is 5.56 Å². The van der Waals surface area contributed by atoms with Crippen molar-refractivity contribution in [3.8, 4) is 11.3 Å². The standard InChI is InChI=1S/C20H16N6O3S/c1-12-5-3-7-15(9-12)22-23-18-13(2)24-25(19(18)27)20-21-17(11-30-20)14-6-4-8-16(10-14)26(28)29/h3-11,18H,1-2H3/t18-/m0/s1. The van der Waals surface area contributed by atoms with E-state index in [2.05, 4.69) is 20.3 Å². The number of hydrogen-bond donors (Lipinski definition) is 0. The van der Waals surface area contributed by atoms with Crippen LogP contribution >= 0.6 is 11.3 Å². The van der Waals surface area contributed by atoms with E-state index in [-0.39, 0.29) is 11.6 Å². The smallest absolute Gasteiger partial charge is 0.269 e. The molecule has 2 heterocycles. The van der Waals surface area contributed by atoms with Gasteiger partial charge in [-0.2, -0.15) is 20.3 Å². The molecule has 0 fully saturated rings. The molecule has 10 heteroatoms. The molecule has 1 aliphatic heterocycles. The Balaban J connectivity index is 1.55. The van der Waals surface area contributed by atoms with E-state index in [1.165, 1.54) is 28.5 Å². The topological polar surface area (TPSA) is 113 Å². The lowest BCUT2D eigenvalue weighted by molar-refractivity contribution is -0.384. The number of amides is 1. The molecule has 1 aliphatic rings. The predicted molar refractivity (Wildman–Crippen MR) is 114 cm³/mol. The second-order valence-electron chi connectivity index (χ2n) is 6.67. The van der Waals surface area contributed by atoms with Crippen LogP contribution < -0.4 is 5.01 Å². The van der Waals surface area contributed by atoms with Crippen LogP contribution in [0.15, 0.2) is 69.2 Å². The quantitative estimate of drug-likeness (QED) is 0.332. The monoisotopic (exact) mass is 420 g/mol. The zero-order valence-corrected chi connectivity index (χ0v) is 16.9. The molecule has 0 spiro atoms. The van der Waals surface area contributed by atoms with Crippen LogP contribution in [0.25, 0.3) is 11.3 Å². The summed E-state index contributed by atoms with van der Waals surface area (Å²) in [6.07, 6.45) is 0. The first-order chi connectivity index (χ1) is 14.4. The van der Waals surface area contributed by atoms with Gasteiger partial charge in [-0.25, -0.2) is 4.98 Å². The van der Waals surface area contributed by atoms with Crippen LogP contribution in [0.1, 0.15) is 12.5 Å². The van der Waals surface area contributed by atoms with Gasteiger partial charge in [0.15, 0.2) is 6.04 Å². The molecule has 0 radical (unpaired) electrons. The molecule has 1 aromatic heterocycles. The molecule has 0 bridgehead atoms. The number of non-ortho nitro benzene ring substituents is 1. The van der Waals surface area contributed by atoms with Gasteiger partial charge in [-0.15, -0.1) is 11.3 Å². The van der Waals surface area contributed by atoms with E-state index in [1.54, 1.807) is 24.4 Å². The number of carbonyl (C=O) groups is 1. The Labute approximate surface area is 175 Å². The van der Waals surface area contributed by atoms with Crippen LogP contribution in [0.2, 0.25) is 0 Å². The van der Waals surface area contributed by atoms with Crippen molar-refractivity contribution in [2.45, 2.75) is 19.9 Å². The normalized spacial score (nSPS) is 16.3. The van der Waals surface area contributed by atoms with Crippen molar-refractivity contribution in [2.75, 3.05) is 5.01 Å². The highest BCUT2D eigenvalue weighted by molar-refractivity contribution is 7.14. The Hall–Kier alpha value is -3.79. The third-order valence-electron chi connectivity index (χ3n) is 4.41. The minimum atomic E-state index is -0.810. The van der Waals surface area contributed by atoms with Crippen LogP contribution in [0, 0.1) is 17.0 Å². The molecule has 1 amide bonds. The van der Waals surface area contributed by atoms with Crippen molar-refractivity contribution >= 4 is 39.5 Å². The van der Waals surface area contributed by atoms with E-state index >= 15 is 0 Å². The van der Waals surface area contributed by atoms with E-state index in [9.17, 15) is 14.9 Å². The van der Waals surface area contributed by atoms with Gasteiger partial charge in [0.05, 0.1) is 22.0 Å². The second kappa shape index (κ2) is 7.91. The number of hydrogen-bond acceptors (Lipinski definition) is 8. The number of nitrogens with zero attached hydrogens (tertiary/aromatic N) is 6. The van der Waals surface area contributed by atoms with Gasteiger partial charge in [-0.1, -0.05) is 24.3 Å². The Kier molecular flexibility index (Phi) is 5.15. The molecular formula is C20H16N6O3S. The Bertz CT molecular complexity index is 1200. The number of anilines is 1. The molecule has 0 N–H and O–H groups in total. The number of hydrazone groups is 1. The minimum Gasteiger partial charge on any atom is -0.269 e. The van der Waals surface area contributed by atoms with Crippen molar-refractivity contribution in [2.24, 2.45) is 15.3 Å². The maximum atomic E-state index is 12.8. The summed E-state index contributed by atoms with van der Waals surface area (Å²) in [7, 11) is 0. The van der Waals surface area contributed by atoms with Gasteiger partial charge in [0.2, 0.25) is 5.13 Å². The van der Waals surface area contributed by atoms with E-state index in [1.807, 2.05) is 31.2 Å². The van der Waals surface area contributed by atoms with Crippen molar-refractivity contribution in [3.05, 3.63) is 69.6 Å². The second-order valence-corrected chi connectivity index (χ2v) is 7.51. The summed E-state index contributed by atoms with van der Waals surface area (Å²) in [5, 5.41) is 26.9. The molecule has 2 aromatic carbocycles. The van der Waals surface area contributed by atoms with Gasteiger partial charge in [0, 0.05) is 23.1 Å². The van der Waals surface area contributed by atoms with Crippen LogP contribution in [-0.2, 0) is 4.79 Å². The van der Waals surface area contributed by atoms with Gasteiger partial charge in [-0.3, -0.25) is 14.9 Å². The lowest BCUT2D eigenvalue weighted by Crippen LogP contribution is -2.29. The van der Waals surface area contributed by atoms with Crippen LogP contribution in [0.4, 0.5) is 16.5 Å². The number of thiazole rings is 1. The number of azo groups is 1. The van der Waals surface area contributed by atoms with Crippen molar-refractivity contribution < 1.29 is 9.72 Å². The van der Waals surface area contributed by atoms with Gasteiger partial charge in [0.25, 0.3) is 11.6 Å². The average Bonchev–Trinajstić information content (AvgIpc) is 3.32. The Morgan fingerprint density at radius 2 is 1.97 bits per heavy atom. The molecule has 3 aromatic rings. The molecule has 0 aliphatic carbocycles. The Morgan fingerprint density at radius 3 is 2.73 bits per heavy atom. The first kappa shape index (κ1) is 19.5. The van der Waals surface area contributed by atoms with Crippen molar-refractivity contribution in [3.63, 3.8) is 0 Å². The van der Waals surface area contributed by atoms with E-state index < -0.39 is 11.0 Å². The highest BCUT2D eigenvalue weighted by Gasteiger charge is 2.36. The Morgan fingerprint density at radius 1 is 1.17 bits per heavy atom. The fourth-order valence-corrected chi connectivity index (χ4v) is 3.70. The minimum absolute atomic E-state index is 0.0233. The fraction of sp³-hybridized carbons (Fsp3) is 0.150. The molecule has 0 saturated carbocycles. The van der Waals surface area contributed by atoms with Gasteiger partial charge < -0.3 is 0 Å². The van der Waals surface area contributed by atoms with Gasteiger partial charge in [-0.05, 0) is 31.5 Å². The molecule has 4 rings (SSSR count). The van der Waals surface area contributed by atoms with Crippen molar-refractivity contribution in [1.82, 2.24) is 4.98 Å². The summed E-state index contributed by atoms with van der Waals surface area (Å²) < 4.78 is 0. The zero-order chi connectivity index (χ0) is 21.3. The number of rotatable bonds is 5.